The summed E-state index contributed by atoms with van der Waals surface area (Å²) >= 11 is 0. The van der Waals surface area contributed by atoms with E-state index < -0.39 is 17.6 Å². The van der Waals surface area contributed by atoms with Gasteiger partial charge >= 0.3 is 6.09 Å². The molecule has 1 atom stereocenters. The van der Waals surface area contributed by atoms with Crippen LogP contribution >= 0.6 is 0 Å². The van der Waals surface area contributed by atoms with E-state index in [1.165, 1.54) is 6.92 Å². The van der Waals surface area contributed by atoms with Crippen LogP contribution in [0.5, 0.6) is 0 Å². The van der Waals surface area contributed by atoms with Gasteiger partial charge in [-0.25, -0.2) is 9.69 Å². The highest BCUT2D eigenvalue weighted by molar-refractivity contribution is 6.05. The molecule has 1 aromatic rings. The molecule has 0 radical (unpaired) electrons. The van der Waals surface area contributed by atoms with E-state index in [1.807, 2.05) is 0 Å². The number of nitrogens with one attached hydrogen (secondary N) is 1. The first-order chi connectivity index (χ1) is 10.5. The van der Waals surface area contributed by atoms with Gasteiger partial charge in [0.2, 0.25) is 11.5 Å². The first kappa shape index (κ1) is 14.2. The summed E-state index contributed by atoms with van der Waals surface area (Å²) in [5, 5.41) is 2.67. The molecule has 3 rings (SSSR count). The van der Waals surface area contributed by atoms with Crippen LogP contribution in [0.4, 0.5) is 10.5 Å². The van der Waals surface area contributed by atoms with E-state index in [2.05, 4.69) is 5.32 Å². The number of amides is 3. The molecule has 2 aliphatic rings. The third-order valence-corrected chi connectivity index (χ3v) is 3.94. The normalized spacial score (nSPS) is 22.7. The molecular formula is C15H14N2O5. The molecular weight excluding hydrogens is 288 g/mol. The minimum Gasteiger partial charge on any atom is -0.427 e. The molecule has 0 unspecified atom stereocenters. The summed E-state index contributed by atoms with van der Waals surface area (Å²) in [6.07, 6.45) is 0.590. The lowest BCUT2D eigenvalue weighted by Crippen LogP contribution is -2.38. The minimum absolute atomic E-state index is 0.187. The third-order valence-electron chi connectivity index (χ3n) is 3.94. The number of rotatable bonds is 3. The Morgan fingerprint density at radius 1 is 1.45 bits per heavy atom. The van der Waals surface area contributed by atoms with Crippen molar-refractivity contribution in [1.29, 1.82) is 0 Å². The van der Waals surface area contributed by atoms with Crippen LogP contribution in [0.2, 0.25) is 0 Å². The van der Waals surface area contributed by atoms with E-state index >= 15 is 0 Å². The number of ether oxygens (including phenoxy) is 1. The van der Waals surface area contributed by atoms with Crippen molar-refractivity contribution >= 4 is 29.9 Å². The predicted molar refractivity (Wildman–Crippen MR) is 75.0 cm³/mol. The Hall–Kier alpha value is -2.70. The van der Waals surface area contributed by atoms with Gasteiger partial charge in [-0.2, -0.15) is 0 Å². The third kappa shape index (κ3) is 1.97. The highest BCUT2D eigenvalue weighted by Crippen LogP contribution is 2.45. The Morgan fingerprint density at radius 3 is 2.91 bits per heavy atom. The monoisotopic (exact) mass is 302 g/mol. The summed E-state index contributed by atoms with van der Waals surface area (Å²) in [5.41, 5.74) is 0.767. The fourth-order valence-electron chi connectivity index (χ4n) is 3.03. The van der Waals surface area contributed by atoms with Gasteiger partial charge in [-0.1, -0.05) is 6.07 Å². The van der Waals surface area contributed by atoms with Crippen molar-refractivity contribution in [3.63, 3.8) is 0 Å². The highest BCUT2D eigenvalue weighted by atomic mass is 16.6. The smallest absolute Gasteiger partial charge is 0.418 e. The van der Waals surface area contributed by atoms with E-state index in [-0.39, 0.29) is 12.5 Å². The fourth-order valence-corrected chi connectivity index (χ4v) is 3.03. The van der Waals surface area contributed by atoms with Gasteiger partial charge in [0.1, 0.15) is 6.29 Å². The largest absolute Gasteiger partial charge is 0.427 e. The molecule has 22 heavy (non-hydrogen) atoms. The molecule has 1 heterocycles. The van der Waals surface area contributed by atoms with Crippen LogP contribution in [0.1, 0.15) is 24.5 Å². The first-order valence-electron chi connectivity index (χ1n) is 6.87. The zero-order valence-electron chi connectivity index (χ0n) is 11.9. The van der Waals surface area contributed by atoms with E-state index in [1.54, 1.807) is 18.2 Å². The molecule has 114 valence electrons. The second kappa shape index (κ2) is 4.94. The number of fused-ring (bicyclic) bond motifs is 2. The summed E-state index contributed by atoms with van der Waals surface area (Å²) in [6.45, 7) is 1.10. The summed E-state index contributed by atoms with van der Waals surface area (Å²) in [7, 11) is 0. The lowest BCUT2D eigenvalue weighted by atomic mass is 9.94. The standard InChI is InChI=1S/C15H14N2O5/c1-9(19)16-11-2-3-12-10(8-11)4-5-15(12)13(20)17(6-7-18)14(21)22-15/h2-3,7-8H,4-6H2,1H3,(H,16,19)/t15-/m1/s1. The van der Waals surface area contributed by atoms with Crippen LogP contribution in [0.3, 0.4) is 0 Å². The fraction of sp³-hybridized carbons (Fsp3) is 0.333. The summed E-state index contributed by atoms with van der Waals surface area (Å²) in [6, 6.07) is 5.12. The maximum Gasteiger partial charge on any atom is 0.418 e. The zero-order valence-corrected chi connectivity index (χ0v) is 11.9. The number of benzene rings is 1. The van der Waals surface area contributed by atoms with Gasteiger partial charge in [0, 0.05) is 24.6 Å². The summed E-state index contributed by atoms with van der Waals surface area (Å²) in [5.74, 6) is -0.691. The number of imide groups is 1. The number of carbonyl (C=O) groups excluding carboxylic acids is 4. The lowest BCUT2D eigenvalue weighted by Gasteiger charge is -2.20. The van der Waals surface area contributed by atoms with E-state index in [0.717, 1.165) is 10.5 Å². The van der Waals surface area contributed by atoms with E-state index in [9.17, 15) is 19.2 Å². The van der Waals surface area contributed by atoms with Crippen molar-refractivity contribution in [3.05, 3.63) is 29.3 Å². The van der Waals surface area contributed by atoms with Crippen molar-refractivity contribution in [2.24, 2.45) is 0 Å². The van der Waals surface area contributed by atoms with E-state index in [4.69, 9.17) is 4.74 Å². The molecule has 0 saturated carbocycles. The van der Waals surface area contributed by atoms with Gasteiger partial charge in [0.25, 0.3) is 5.91 Å². The van der Waals surface area contributed by atoms with Gasteiger partial charge in [-0.15, -0.1) is 0 Å². The summed E-state index contributed by atoms with van der Waals surface area (Å²) < 4.78 is 5.33. The molecule has 1 aromatic carbocycles. The molecule has 1 aliphatic carbocycles. The molecule has 1 aliphatic heterocycles. The van der Waals surface area contributed by atoms with Gasteiger partial charge in [0.15, 0.2) is 0 Å². The molecule has 7 nitrogen and oxygen atoms in total. The highest BCUT2D eigenvalue weighted by Gasteiger charge is 2.57. The Labute approximate surface area is 126 Å². The average Bonchev–Trinajstić information content (AvgIpc) is 2.93. The summed E-state index contributed by atoms with van der Waals surface area (Å²) in [4.78, 5) is 46.9. The Bertz CT molecular complexity index is 699. The molecule has 0 aromatic heterocycles. The van der Waals surface area contributed by atoms with Gasteiger partial charge in [0.05, 0.1) is 6.54 Å². The van der Waals surface area contributed by atoms with Crippen LogP contribution in [-0.4, -0.2) is 35.6 Å². The minimum atomic E-state index is -1.33. The van der Waals surface area contributed by atoms with Crippen molar-refractivity contribution in [2.45, 2.75) is 25.4 Å². The topological polar surface area (TPSA) is 92.8 Å². The first-order valence-corrected chi connectivity index (χ1v) is 6.87. The molecule has 0 bridgehead atoms. The van der Waals surface area contributed by atoms with Crippen LogP contribution in [0.25, 0.3) is 0 Å². The SMILES string of the molecule is CC(=O)Nc1ccc2c(c1)CC[C@@]21OC(=O)N(CC=O)C1=O. The van der Waals surface area contributed by atoms with Gasteiger partial charge < -0.3 is 14.8 Å². The Balaban J connectivity index is 1.97. The van der Waals surface area contributed by atoms with Crippen molar-refractivity contribution in [3.8, 4) is 0 Å². The second-order valence-corrected chi connectivity index (χ2v) is 5.33. The molecule has 1 N–H and O–H groups in total. The van der Waals surface area contributed by atoms with Gasteiger partial charge in [-0.05, 0) is 24.1 Å². The molecule has 7 heteroatoms. The van der Waals surface area contributed by atoms with Crippen LogP contribution in [0.15, 0.2) is 18.2 Å². The van der Waals surface area contributed by atoms with Crippen LogP contribution in [0, 0.1) is 0 Å². The van der Waals surface area contributed by atoms with Gasteiger partial charge in [-0.3, -0.25) is 9.59 Å². The number of aldehydes is 1. The average molecular weight is 302 g/mol. The second-order valence-electron chi connectivity index (χ2n) is 5.33. The quantitative estimate of drug-likeness (QED) is 0.840. The number of carbonyl (C=O) groups is 4. The number of nitrogens with zero attached hydrogens (tertiary/aromatic N) is 1. The molecule has 3 amide bonds. The Morgan fingerprint density at radius 2 is 2.23 bits per heavy atom. The van der Waals surface area contributed by atoms with E-state index in [0.29, 0.717) is 30.4 Å². The number of anilines is 1. The van der Waals surface area contributed by atoms with Crippen molar-refractivity contribution in [1.82, 2.24) is 4.90 Å². The van der Waals surface area contributed by atoms with Crippen LogP contribution < -0.4 is 5.32 Å². The predicted octanol–water partition coefficient (Wildman–Crippen LogP) is 0.964. The zero-order chi connectivity index (χ0) is 15.9. The number of aryl methyl sites for hydroxylation is 1. The van der Waals surface area contributed by atoms with Crippen molar-refractivity contribution < 1.29 is 23.9 Å². The Kier molecular flexibility index (Phi) is 3.20. The maximum atomic E-state index is 12.5. The lowest BCUT2D eigenvalue weighted by molar-refractivity contribution is -0.138. The number of hydrogen-bond acceptors (Lipinski definition) is 5. The molecule has 1 saturated heterocycles. The molecule has 1 fully saturated rings. The molecule has 1 spiro atoms. The maximum absolute atomic E-state index is 12.5. The number of hydrogen-bond donors (Lipinski definition) is 1. The van der Waals surface area contributed by atoms with Crippen LogP contribution in [-0.2, 0) is 31.1 Å². The van der Waals surface area contributed by atoms with Crippen molar-refractivity contribution in [2.75, 3.05) is 11.9 Å².